The number of benzene rings is 1. The number of aryl methyl sites for hydroxylation is 1. The number of amides is 2. The van der Waals surface area contributed by atoms with Crippen molar-refractivity contribution in [1.29, 1.82) is 0 Å². The van der Waals surface area contributed by atoms with Crippen molar-refractivity contribution in [1.82, 2.24) is 5.32 Å². The van der Waals surface area contributed by atoms with E-state index in [1.54, 1.807) is 6.07 Å². The number of imide groups is 1. The van der Waals surface area contributed by atoms with Crippen LogP contribution in [0.4, 0.5) is 0 Å². The fourth-order valence-electron chi connectivity index (χ4n) is 2.78. The van der Waals surface area contributed by atoms with E-state index in [2.05, 4.69) is 5.32 Å². The Morgan fingerprint density at radius 2 is 2.12 bits per heavy atom. The van der Waals surface area contributed by atoms with Gasteiger partial charge in [-0.3, -0.25) is 14.9 Å². The van der Waals surface area contributed by atoms with Gasteiger partial charge in [-0.25, -0.2) is 0 Å². The summed E-state index contributed by atoms with van der Waals surface area (Å²) >= 11 is 5.92. The SMILES string of the molecule is O=C1C[C@@]2(CCc3cc(Cl)ccc32)C(=O)N1. The molecule has 0 radical (unpaired) electrons. The van der Waals surface area contributed by atoms with Gasteiger partial charge in [-0.1, -0.05) is 17.7 Å². The summed E-state index contributed by atoms with van der Waals surface area (Å²) in [5.74, 6) is -0.327. The monoisotopic (exact) mass is 235 g/mol. The third-order valence-corrected chi connectivity index (χ3v) is 3.79. The second kappa shape index (κ2) is 3.08. The van der Waals surface area contributed by atoms with Crippen molar-refractivity contribution in [2.45, 2.75) is 24.7 Å². The fourth-order valence-corrected chi connectivity index (χ4v) is 2.98. The largest absolute Gasteiger partial charge is 0.296 e. The number of rotatable bonds is 0. The van der Waals surface area contributed by atoms with Gasteiger partial charge in [-0.2, -0.15) is 0 Å². The highest BCUT2D eigenvalue weighted by Crippen LogP contribution is 2.44. The Morgan fingerprint density at radius 1 is 1.31 bits per heavy atom. The molecule has 0 saturated carbocycles. The van der Waals surface area contributed by atoms with Crippen molar-refractivity contribution in [3.63, 3.8) is 0 Å². The summed E-state index contributed by atoms with van der Waals surface area (Å²) < 4.78 is 0. The first-order valence-electron chi connectivity index (χ1n) is 5.25. The van der Waals surface area contributed by atoms with Crippen molar-refractivity contribution in [3.8, 4) is 0 Å². The van der Waals surface area contributed by atoms with Crippen molar-refractivity contribution in [2.75, 3.05) is 0 Å². The van der Waals surface area contributed by atoms with Gasteiger partial charge in [0, 0.05) is 11.4 Å². The van der Waals surface area contributed by atoms with Crippen LogP contribution in [-0.4, -0.2) is 11.8 Å². The predicted molar refractivity (Wildman–Crippen MR) is 59.2 cm³/mol. The van der Waals surface area contributed by atoms with Crippen molar-refractivity contribution < 1.29 is 9.59 Å². The second-order valence-corrected chi connectivity index (χ2v) is 4.87. The van der Waals surface area contributed by atoms with Crippen LogP contribution < -0.4 is 5.32 Å². The van der Waals surface area contributed by atoms with E-state index in [0.29, 0.717) is 11.4 Å². The molecule has 82 valence electrons. The summed E-state index contributed by atoms with van der Waals surface area (Å²) in [6.45, 7) is 0. The van der Waals surface area contributed by atoms with Gasteiger partial charge in [0.25, 0.3) is 0 Å². The van der Waals surface area contributed by atoms with Gasteiger partial charge in [0.1, 0.15) is 0 Å². The number of carbonyl (C=O) groups excluding carboxylic acids is 2. The fraction of sp³-hybridized carbons (Fsp3) is 0.333. The smallest absolute Gasteiger partial charge is 0.237 e. The number of fused-ring (bicyclic) bond motifs is 2. The van der Waals surface area contributed by atoms with Gasteiger partial charge in [-0.15, -0.1) is 0 Å². The molecule has 1 aliphatic heterocycles. The van der Waals surface area contributed by atoms with Crippen LogP contribution in [0.5, 0.6) is 0 Å². The first-order valence-corrected chi connectivity index (χ1v) is 5.63. The van der Waals surface area contributed by atoms with Crippen LogP contribution in [0.3, 0.4) is 0 Å². The zero-order valence-corrected chi connectivity index (χ0v) is 9.30. The van der Waals surface area contributed by atoms with E-state index < -0.39 is 5.41 Å². The molecule has 2 aliphatic rings. The zero-order chi connectivity index (χ0) is 11.3. The second-order valence-electron chi connectivity index (χ2n) is 4.44. The van der Waals surface area contributed by atoms with Crippen LogP contribution in [0.2, 0.25) is 5.02 Å². The first-order chi connectivity index (χ1) is 7.62. The number of halogens is 1. The molecular weight excluding hydrogens is 226 g/mol. The molecular formula is C12H10ClNO2. The molecule has 1 aromatic rings. The molecule has 0 unspecified atom stereocenters. The Labute approximate surface area is 97.8 Å². The highest BCUT2D eigenvalue weighted by Gasteiger charge is 2.51. The Morgan fingerprint density at radius 3 is 2.81 bits per heavy atom. The van der Waals surface area contributed by atoms with Crippen LogP contribution in [0, 0.1) is 0 Å². The van der Waals surface area contributed by atoms with Crippen LogP contribution >= 0.6 is 11.6 Å². The van der Waals surface area contributed by atoms with E-state index in [4.69, 9.17) is 11.6 Å². The summed E-state index contributed by atoms with van der Waals surface area (Å²) in [6, 6.07) is 5.55. The summed E-state index contributed by atoms with van der Waals surface area (Å²) in [6.07, 6.45) is 1.80. The molecule has 3 nitrogen and oxygen atoms in total. The first kappa shape index (κ1) is 9.85. The third kappa shape index (κ3) is 1.15. The summed E-state index contributed by atoms with van der Waals surface area (Å²) in [4.78, 5) is 23.2. The molecule has 1 atom stereocenters. The van der Waals surface area contributed by atoms with E-state index in [1.165, 1.54) is 0 Å². The average Bonchev–Trinajstić information content (AvgIpc) is 2.70. The molecule has 0 aromatic heterocycles. The number of hydrogen-bond donors (Lipinski definition) is 1. The third-order valence-electron chi connectivity index (χ3n) is 3.55. The van der Waals surface area contributed by atoms with Gasteiger partial charge in [-0.05, 0) is 36.1 Å². The number of hydrogen-bond acceptors (Lipinski definition) is 2. The van der Waals surface area contributed by atoms with Gasteiger partial charge in [0.05, 0.1) is 5.41 Å². The minimum absolute atomic E-state index is 0.154. The lowest BCUT2D eigenvalue weighted by molar-refractivity contribution is -0.126. The molecule has 4 heteroatoms. The number of carbonyl (C=O) groups is 2. The molecule has 0 bridgehead atoms. The molecule has 3 rings (SSSR count). The van der Waals surface area contributed by atoms with E-state index >= 15 is 0 Å². The maximum absolute atomic E-state index is 11.9. The Hall–Kier alpha value is -1.35. The zero-order valence-electron chi connectivity index (χ0n) is 8.55. The molecule has 1 fully saturated rings. The molecule has 1 spiro atoms. The van der Waals surface area contributed by atoms with Crippen LogP contribution in [0.25, 0.3) is 0 Å². The summed E-state index contributed by atoms with van der Waals surface area (Å²) in [5.41, 5.74) is 1.45. The minimum Gasteiger partial charge on any atom is -0.296 e. The summed E-state index contributed by atoms with van der Waals surface area (Å²) in [7, 11) is 0. The molecule has 1 N–H and O–H groups in total. The molecule has 1 aliphatic carbocycles. The minimum atomic E-state index is -0.614. The van der Waals surface area contributed by atoms with Crippen molar-refractivity contribution in [3.05, 3.63) is 34.3 Å². The standard InChI is InChI=1S/C12H10ClNO2/c13-8-1-2-9-7(5-8)3-4-12(9)6-10(15)14-11(12)16/h1-2,5H,3-4,6H2,(H,14,15,16)/t12-/m1/s1. The van der Waals surface area contributed by atoms with Crippen molar-refractivity contribution >= 4 is 23.4 Å². The van der Waals surface area contributed by atoms with E-state index in [1.807, 2.05) is 12.1 Å². The molecule has 2 amide bonds. The Kier molecular flexibility index (Phi) is 1.89. The maximum Gasteiger partial charge on any atom is 0.237 e. The van der Waals surface area contributed by atoms with Crippen LogP contribution in [0.15, 0.2) is 18.2 Å². The maximum atomic E-state index is 11.9. The van der Waals surface area contributed by atoms with Gasteiger partial charge in [0.15, 0.2) is 0 Å². The van der Waals surface area contributed by atoms with Crippen molar-refractivity contribution in [2.24, 2.45) is 0 Å². The Bertz CT molecular complexity index is 512. The van der Waals surface area contributed by atoms with Gasteiger partial charge < -0.3 is 0 Å². The lowest BCUT2D eigenvalue weighted by Crippen LogP contribution is -2.33. The Balaban J connectivity index is 2.15. The normalized spacial score (nSPS) is 27.3. The lowest BCUT2D eigenvalue weighted by Gasteiger charge is -2.19. The predicted octanol–water partition coefficient (Wildman–Crippen LogP) is 1.57. The number of nitrogens with one attached hydrogen (secondary N) is 1. The van der Waals surface area contributed by atoms with E-state index in [-0.39, 0.29) is 18.2 Å². The highest BCUT2D eigenvalue weighted by molar-refractivity contribution is 6.30. The lowest BCUT2D eigenvalue weighted by atomic mass is 9.80. The molecule has 1 heterocycles. The average molecular weight is 236 g/mol. The molecule has 16 heavy (non-hydrogen) atoms. The van der Waals surface area contributed by atoms with Crippen LogP contribution in [-0.2, 0) is 21.4 Å². The van der Waals surface area contributed by atoms with Crippen LogP contribution in [0.1, 0.15) is 24.0 Å². The molecule has 1 aromatic carbocycles. The topological polar surface area (TPSA) is 46.2 Å². The van der Waals surface area contributed by atoms with E-state index in [0.717, 1.165) is 17.5 Å². The van der Waals surface area contributed by atoms with E-state index in [9.17, 15) is 9.59 Å². The quantitative estimate of drug-likeness (QED) is 0.694. The molecule has 1 saturated heterocycles. The van der Waals surface area contributed by atoms with Gasteiger partial charge >= 0.3 is 0 Å². The van der Waals surface area contributed by atoms with Gasteiger partial charge in [0.2, 0.25) is 11.8 Å². The highest BCUT2D eigenvalue weighted by atomic mass is 35.5. The summed E-state index contributed by atoms with van der Waals surface area (Å²) in [5, 5.41) is 3.08.